The first kappa shape index (κ1) is 27.6. The SMILES string of the molecule is NCC(=O)NC(CS)C(=O)NC(Cc1ccc(O)cc1)C(=O)NC(Cc1c[nH]c2ccccc12)C(=O)O. The molecule has 0 bridgehead atoms. The van der Waals surface area contributed by atoms with Crippen LogP contribution in [0.25, 0.3) is 10.9 Å². The summed E-state index contributed by atoms with van der Waals surface area (Å²) >= 11 is 4.09. The van der Waals surface area contributed by atoms with Gasteiger partial charge in [0.05, 0.1) is 6.54 Å². The van der Waals surface area contributed by atoms with Crippen molar-refractivity contribution in [2.75, 3.05) is 12.3 Å². The number of hydrogen-bond donors (Lipinski definition) is 8. The summed E-state index contributed by atoms with van der Waals surface area (Å²) in [5.41, 5.74) is 7.45. The van der Waals surface area contributed by atoms with Crippen LogP contribution in [0.4, 0.5) is 0 Å². The van der Waals surface area contributed by atoms with Crippen molar-refractivity contribution < 1.29 is 29.4 Å². The van der Waals surface area contributed by atoms with Gasteiger partial charge >= 0.3 is 5.97 Å². The summed E-state index contributed by atoms with van der Waals surface area (Å²) < 4.78 is 0. The number of amides is 3. The van der Waals surface area contributed by atoms with Gasteiger partial charge in [-0.1, -0.05) is 30.3 Å². The van der Waals surface area contributed by atoms with Gasteiger partial charge in [0.2, 0.25) is 17.7 Å². The van der Waals surface area contributed by atoms with Crippen LogP contribution in [-0.4, -0.2) is 69.3 Å². The van der Waals surface area contributed by atoms with Crippen LogP contribution in [0, 0.1) is 0 Å². The highest BCUT2D eigenvalue weighted by Gasteiger charge is 2.30. The van der Waals surface area contributed by atoms with Crippen molar-refractivity contribution in [3.05, 3.63) is 65.9 Å². The Morgan fingerprint density at radius 3 is 2.19 bits per heavy atom. The van der Waals surface area contributed by atoms with E-state index in [1.807, 2.05) is 24.3 Å². The molecule has 3 amide bonds. The molecule has 3 atom stereocenters. The molecular formula is C25H29N5O6S. The second-order valence-corrected chi connectivity index (χ2v) is 8.77. The van der Waals surface area contributed by atoms with Gasteiger partial charge < -0.3 is 36.9 Å². The Hall–Kier alpha value is -4.03. The number of aliphatic carboxylic acids is 1. The maximum absolute atomic E-state index is 13.3. The zero-order chi connectivity index (χ0) is 26.9. The molecule has 0 aliphatic carbocycles. The predicted octanol–water partition coefficient (Wildman–Crippen LogP) is 0.0862. The number of benzene rings is 2. The number of phenols is 1. The number of nitrogens with one attached hydrogen (secondary N) is 4. The highest BCUT2D eigenvalue weighted by Crippen LogP contribution is 2.19. The Balaban J connectivity index is 1.80. The molecule has 0 aliphatic heterocycles. The Labute approximate surface area is 218 Å². The summed E-state index contributed by atoms with van der Waals surface area (Å²) in [7, 11) is 0. The lowest BCUT2D eigenvalue weighted by molar-refractivity contribution is -0.142. The molecule has 3 unspecified atom stereocenters. The van der Waals surface area contributed by atoms with Crippen LogP contribution in [-0.2, 0) is 32.0 Å². The lowest BCUT2D eigenvalue weighted by Gasteiger charge is -2.24. The molecule has 3 aromatic rings. The van der Waals surface area contributed by atoms with Crippen LogP contribution >= 0.6 is 12.6 Å². The minimum Gasteiger partial charge on any atom is -0.508 e. The van der Waals surface area contributed by atoms with Gasteiger partial charge in [0.1, 0.15) is 23.9 Å². The first-order chi connectivity index (χ1) is 17.7. The van der Waals surface area contributed by atoms with E-state index >= 15 is 0 Å². The van der Waals surface area contributed by atoms with Crippen molar-refractivity contribution in [1.29, 1.82) is 0 Å². The smallest absolute Gasteiger partial charge is 0.326 e. The van der Waals surface area contributed by atoms with Gasteiger partial charge in [-0.25, -0.2) is 4.79 Å². The molecule has 0 fully saturated rings. The second kappa shape index (κ2) is 12.8. The summed E-state index contributed by atoms with van der Waals surface area (Å²) in [6, 6.07) is 9.90. The van der Waals surface area contributed by atoms with E-state index in [9.17, 15) is 29.4 Å². The first-order valence-corrected chi connectivity index (χ1v) is 12.1. The number of nitrogens with two attached hydrogens (primary N) is 1. The number of para-hydroxylation sites is 1. The third-order valence-corrected chi connectivity index (χ3v) is 6.11. The van der Waals surface area contributed by atoms with Crippen molar-refractivity contribution in [1.82, 2.24) is 20.9 Å². The van der Waals surface area contributed by atoms with Crippen LogP contribution in [0.1, 0.15) is 11.1 Å². The largest absolute Gasteiger partial charge is 0.508 e. The summed E-state index contributed by atoms with van der Waals surface area (Å²) in [4.78, 5) is 52.9. The number of aromatic amines is 1. The molecule has 8 N–H and O–H groups in total. The molecule has 0 saturated carbocycles. The van der Waals surface area contributed by atoms with E-state index in [-0.39, 0.29) is 30.9 Å². The number of fused-ring (bicyclic) bond motifs is 1. The lowest BCUT2D eigenvalue weighted by Crippen LogP contribution is -2.57. The van der Waals surface area contributed by atoms with E-state index < -0.39 is 41.8 Å². The van der Waals surface area contributed by atoms with Crippen LogP contribution < -0.4 is 21.7 Å². The van der Waals surface area contributed by atoms with E-state index in [4.69, 9.17) is 5.73 Å². The summed E-state index contributed by atoms with van der Waals surface area (Å²) in [5, 5.41) is 27.7. The van der Waals surface area contributed by atoms with Crippen molar-refractivity contribution in [2.45, 2.75) is 31.0 Å². The van der Waals surface area contributed by atoms with E-state index in [1.165, 1.54) is 12.1 Å². The number of rotatable bonds is 12. The highest BCUT2D eigenvalue weighted by atomic mass is 32.1. The summed E-state index contributed by atoms with van der Waals surface area (Å²) in [6.45, 7) is -0.330. The standard InChI is InChI=1S/C25H29N5O6S/c26-11-22(32)28-21(13-37)24(34)29-19(9-14-5-7-16(31)8-6-14)23(33)30-20(25(35)36)10-15-12-27-18-4-2-1-3-17(15)18/h1-8,12,19-21,27,31,37H,9-11,13,26H2,(H,28,32)(H,29,34)(H,30,33)(H,35,36). The number of phenolic OH excluding ortho intramolecular Hbond substituents is 1. The van der Waals surface area contributed by atoms with Crippen LogP contribution in [0.2, 0.25) is 0 Å². The first-order valence-electron chi connectivity index (χ1n) is 11.5. The normalized spacial score (nSPS) is 13.4. The van der Waals surface area contributed by atoms with Gasteiger partial charge in [0.15, 0.2) is 0 Å². The van der Waals surface area contributed by atoms with Gasteiger partial charge in [0.25, 0.3) is 0 Å². The van der Waals surface area contributed by atoms with Crippen molar-refractivity contribution in [3.63, 3.8) is 0 Å². The van der Waals surface area contributed by atoms with Gasteiger partial charge in [0, 0.05) is 35.7 Å². The van der Waals surface area contributed by atoms with Crippen LogP contribution in [0.5, 0.6) is 5.75 Å². The average Bonchev–Trinajstić information content (AvgIpc) is 3.30. The third kappa shape index (κ3) is 7.48. The molecule has 196 valence electrons. The molecule has 12 heteroatoms. The van der Waals surface area contributed by atoms with Gasteiger partial charge in [-0.15, -0.1) is 0 Å². The average molecular weight is 528 g/mol. The third-order valence-electron chi connectivity index (χ3n) is 5.74. The number of carboxylic acids is 1. The summed E-state index contributed by atoms with van der Waals surface area (Å²) in [6.07, 6.45) is 1.71. The van der Waals surface area contributed by atoms with Crippen molar-refractivity contribution in [2.24, 2.45) is 5.73 Å². The fourth-order valence-electron chi connectivity index (χ4n) is 3.79. The molecule has 1 aromatic heterocycles. The van der Waals surface area contributed by atoms with E-state index in [0.29, 0.717) is 11.1 Å². The number of carboxylic acid groups (broad SMARTS) is 1. The zero-order valence-corrected chi connectivity index (χ0v) is 20.7. The van der Waals surface area contributed by atoms with Crippen molar-refractivity contribution in [3.8, 4) is 5.75 Å². The number of aromatic hydroxyl groups is 1. The lowest BCUT2D eigenvalue weighted by atomic mass is 10.0. The highest BCUT2D eigenvalue weighted by molar-refractivity contribution is 7.80. The number of hydrogen-bond acceptors (Lipinski definition) is 7. The molecule has 11 nitrogen and oxygen atoms in total. The Morgan fingerprint density at radius 2 is 1.54 bits per heavy atom. The molecular weight excluding hydrogens is 498 g/mol. The fourth-order valence-corrected chi connectivity index (χ4v) is 4.05. The molecule has 0 saturated heterocycles. The Bertz CT molecular complexity index is 1260. The van der Waals surface area contributed by atoms with Gasteiger partial charge in [-0.05, 0) is 29.3 Å². The molecule has 2 aromatic carbocycles. The fraction of sp³-hybridized carbons (Fsp3) is 0.280. The molecule has 0 radical (unpaired) electrons. The minimum absolute atomic E-state index is 0.00139. The number of carbonyl (C=O) groups excluding carboxylic acids is 3. The maximum atomic E-state index is 13.3. The topological polar surface area (TPSA) is 187 Å². The quantitative estimate of drug-likeness (QED) is 0.153. The van der Waals surface area contributed by atoms with E-state index in [1.54, 1.807) is 18.3 Å². The number of H-pyrrole nitrogens is 1. The number of carbonyl (C=O) groups is 4. The number of thiol groups is 1. The Morgan fingerprint density at radius 1 is 0.892 bits per heavy atom. The molecule has 0 spiro atoms. The van der Waals surface area contributed by atoms with Gasteiger partial charge in [-0.3, -0.25) is 14.4 Å². The van der Waals surface area contributed by atoms with E-state index in [2.05, 4.69) is 33.6 Å². The molecule has 0 aliphatic rings. The van der Waals surface area contributed by atoms with Crippen molar-refractivity contribution >= 4 is 47.2 Å². The van der Waals surface area contributed by atoms with E-state index in [0.717, 1.165) is 10.9 Å². The molecule has 1 heterocycles. The minimum atomic E-state index is -1.27. The summed E-state index contributed by atoms with van der Waals surface area (Å²) in [5.74, 6) is -3.24. The second-order valence-electron chi connectivity index (χ2n) is 8.40. The maximum Gasteiger partial charge on any atom is 0.326 e. The molecule has 3 rings (SSSR count). The zero-order valence-electron chi connectivity index (χ0n) is 19.8. The Kier molecular flexibility index (Phi) is 9.52. The molecule has 37 heavy (non-hydrogen) atoms. The van der Waals surface area contributed by atoms with Gasteiger partial charge in [-0.2, -0.15) is 12.6 Å². The number of aromatic nitrogens is 1. The monoisotopic (exact) mass is 527 g/mol. The predicted molar refractivity (Wildman–Crippen MR) is 140 cm³/mol. The van der Waals surface area contributed by atoms with Crippen LogP contribution in [0.15, 0.2) is 54.7 Å². The van der Waals surface area contributed by atoms with Crippen LogP contribution in [0.3, 0.4) is 0 Å².